The standard InChI is InChI=1S/C9H5BrINO2/c10-3-9(14)6-1-5(4-12)8(13)2-7(6)11/h1-2,13H,3H2. The minimum atomic E-state index is -0.106. The zero-order chi connectivity index (χ0) is 10.7. The van der Waals surface area contributed by atoms with E-state index in [9.17, 15) is 9.90 Å². The second-order valence-electron chi connectivity index (χ2n) is 2.52. The summed E-state index contributed by atoms with van der Waals surface area (Å²) in [6, 6.07) is 4.64. The van der Waals surface area contributed by atoms with Crippen LogP contribution in [0, 0.1) is 14.9 Å². The summed E-state index contributed by atoms with van der Waals surface area (Å²) in [4.78, 5) is 11.4. The number of benzene rings is 1. The summed E-state index contributed by atoms with van der Waals surface area (Å²) in [6.45, 7) is 0. The summed E-state index contributed by atoms with van der Waals surface area (Å²) < 4.78 is 0.642. The van der Waals surface area contributed by atoms with Crippen molar-refractivity contribution in [3.8, 4) is 11.8 Å². The Hall–Kier alpha value is -0.610. The molecule has 0 fully saturated rings. The highest BCUT2D eigenvalue weighted by Gasteiger charge is 2.12. The van der Waals surface area contributed by atoms with E-state index in [2.05, 4.69) is 15.9 Å². The summed E-state index contributed by atoms with van der Waals surface area (Å²) in [5.74, 6) is -0.200. The van der Waals surface area contributed by atoms with Gasteiger partial charge in [0, 0.05) is 9.13 Å². The predicted octanol–water partition coefficient (Wildman–Crippen LogP) is 2.45. The number of nitrogens with zero attached hydrogens (tertiary/aromatic N) is 1. The zero-order valence-corrected chi connectivity index (χ0v) is 10.7. The first-order valence-electron chi connectivity index (χ1n) is 3.62. The molecular formula is C9H5BrINO2. The highest BCUT2D eigenvalue weighted by atomic mass is 127. The number of carbonyl (C=O) groups is 1. The van der Waals surface area contributed by atoms with Crippen LogP contribution in [0.3, 0.4) is 0 Å². The molecule has 0 aliphatic rings. The highest BCUT2D eigenvalue weighted by molar-refractivity contribution is 14.1. The van der Waals surface area contributed by atoms with Crippen molar-refractivity contribution in [1.82, 2.24) is 0 Å². The molecule has 0 spiro atoms. The van der Waals surface area contributed by atoms with E-state index < -0.39 is 0 Å². The number of hydrogen-bond acceptors (Lipinski definition) is 3. The molecule has 0 unspecified atom stereocenters. The predicted molar refractivity (Wildman–Crippen MR) is 63.7 cm³/mol. The minimum Gasteiger partial charge on any atom is -0.507 e. The minimum absolute atomic E-state index is 0.0944. The molecule has 5 heteroatoms. The van der Waals surface area contributed by atoms with Gasteiger partial charge in [0.2, 0.25) is 0 Å². The topological polar surface area (TPSA) is 61.1 Å². The lowest BCUT2D eigenvalue weighted by Gasteiger charge is -2.03. The van der Waals surface area contributed by atoms with Crippen molar-refractivity contribution in [3.05, 3.63) is 26.8 Å². The molecule has 0 aliphatic heterocycles. The van der Waals surface area contributed by atoms with Crippen molar-refractivity contribution in [2.75, 3.05) is 5.33 Å². The van der Waals surface area contributed by atoms with Gasteiger partial charge < -0.3 is 5.11 Å². The third-order valence-corrected chi connectivity index (χ3v) is 3.03. The van der Waals surface area contributed by atoms with Gasteiger partial charge in [0.1, 0.15) is 11.8 Å². The summed E-state index contributed by atoms with van der Waals surface area (Å²) in [5.41, 5.74) is 0.576. The Bertz CT molecular complexity index is 426. The molecule has 72 valence electrons. The van der Waals surface area contributed by atoms with E-state index in [0.29, 0.717) is 9.13 Å². The van der Waals surface area contributed by atoms with Crippen LogP contribution >= 0.6 is 38.5 Å². The van der Waals surface area contributed by atoms with E-state index >= 15 is 0 Å². The Morgan fingerprint density at radius 3 is 2.79 bits per heavy atom. The fourth-order valence-electron chi connectivity index (χ4n) is 0.938. The van der Waals surface area contributed by atoms with Gasteiger partial charge >= 0.3 is 0 Å². The van der Waals surface area contributed by atoms with Crippen LogP contribution in [0.5, 0.6) is 5.75 Å². The van der Waals surface area contributed by atoms with Crippen LogP contribution in [0.2, 0.25) is 0 Å². The van der Waals surface area contributed by atoms with Crippen LogP contribution in [0.25, 0.3) is 0 Å². The van der Waals surface area contributed by atoms with Gasteiger partial charge in [0.25, 0.3) is 0 Å². The largest absolute Gasteiger partial charge is 0.507 e. The molecular weight excluding hydrogens is 361 g/mol. The molecule has 0 bridgehead atoms. The number of Topliss-reactive ketones (excluding diaryl/α,β-unsaturated/α-hetero) is 1. The number of nitriles is 1. The first kappa shape index (κ1) is 11.5. The number of alkyl halides is 1. The van der Waals surface area contributed by atoms with Gasteiger partial charge in [-0.2, -0.15) is 5.26 Å². The molecule has 0 saturated carbocycles. The maximum Gasteiger partial charge on any atom is 0.174 e. The van der Waals surface area contributed by atoms with E-state index in [-0.39, 0.29) is 22.4 Å². The van der Waals surface area contributed by atoms with Crippen LogP contribution in [0.1, 0.15) is 15.9 Å². The van der Waals surface area contributed by atoms with Gasteiger partial charge in [-0.3, -0.25) is 4.79 Å². The van der Waals surface area contributed by atoms with Gasteiger partial charge in [0.05, 0.1) is 10.9 Å². The zero-order valence-electron chi connectivity index (χ0n) is 6.92. The Balaban J connectivity index is 3.33. The van der Waals surface area contributed by atoms with Crippen LogP contribution in [-0.2, 0) is 0 Å². The molecule has 14 heavy (non-hydrogen) atoms. The van der Waals surface area contributed by atoms with Gasteiger partial charge in [-0.1, -0.05) is 15.9 Å². The van der Waals surface area contributed by atoms with E-state index in [0.717, 1.165) is 0 Å². The van der Waals surface area contributed by atoms with Crippen molar-refractivity contribution < 1.29 is 9.90 Å². The number of rotatable bonds is 2. The van der Waals surface area contributed by atoms with E-state index in [4.69, 9.17) is 5.26 Å². The van der Waals surface area contributed by atoms with E-state index in [1.54, 1.807) is 0 Å². The molecule has 0 saturated heterocycles. The number of phenols is 1. The Morgan fingerprint density at radius 2 is 2.29 bits per heavy atom. The van der Waals surface area contributed by atoms with Crippen LogP contribution in [-0.4, -0.2) is 16.2 Å². The van der Waals surface area contributed by atoms with E-state index in [1.807, 2.05) is 28.7 Å². The lowest BCUT2D eigenvalue weighted by Crippen LogP contribution is -2.03. The second kappa shape index (κ2) is 4.75. The third kappa shape index (κ3) is 2.25. The first-order chi connectivity index (χ1) is 6.60. The van der Waals surface area contributed by atoms with Crippen molar-refractivity contribution in [1.29, 1.82) is 5.26 Å². The smallest absolute Gasteiger partial charge is 0.174 e. The molecule has 3 nitrogen and oxygen atoms in total. The lowest BCUT2D eigenvalue weighted by molar-refractivity contribution is 0.102. The fourth-order valence-corrected chi connectivity index (χ4v) is 1.99. The fraction of sp³-hybridized carbons (Fsp3) is 0.111. The summed E-state index contributed by atoms with van der Waals surface area (Å²) in [6.07, 6.45) is 0. The molecule has 1 aromatic carbocycles. The van der Waals surface area contributed by atoms with E-state index in [1.165, 1.54) is 12.1 Å². The Morgan fingerprint density at radius 1 is 1.64 bits per heavy atom. The maximum absolute atomic E-state index is 11.4. The normalized spacial score (nSPS) is 9.50. The first-order valence-corrected chi connectivity index (χ1v) is 5.82. The molecule has 0 aliphatic carbocycles. The monoisotopic (exact) mass is 365 g/mol. The van der Waals surface area contributed by atoms with Gasteiger partial charge in [-0.15, -0.1) is 0 Å². The summed E-state index contributed by atoms with van der Waals surface area (Å²) >= 11 is 5.00. The average molecular weight is 366 g/mol. The van der Waals surface area contributed by atoms with Crippen molar-refractivity contribution >= 4 is 44.3 Å². The Kier molecular flexibility index (Phi) is 3.89. The number of aromatic hydroxyl groups is 1. The summed E-state index contributed by atoms with van der Waals surface area (Å²) in [5, 5.41) is 18.2. The number of phenolic OH excluding ortho intramolecular Hbond substituents is 1. The van der Waals surface area contributed by atoms with Crippen LogP contribution in [0.15, 0.2) is 12.1 Å². The van der Waals surface area contributed by atoms with Crippen molar-refractivity contribution in [2.45, 2.75) is 0 Å². The molecule has 1 N–H and O–H groups in total. The molecule has 1 aromatic rings. The molecule has 0 amide bonds. The lowest BCUT2D eigenvalue weighted by atomic mass is 10.1. The third-order valence-electron chi connectivity index (χ3n) is 1.63. The average Bonchev–Trinajstić information content (AvgIpc) is 2.17. The Labute approximate surface area is 103 Å². The second-order valence-corrected chi connectivity index (χ2v) is 4.24. The molecule has 1 rings (SSSR count). The number of ketones is 1. The summed E-state index contributed by atoms with van der Waals surface area (Å²) in [7, 11) is 0. The number of hydrogen-bond donors (Lipinski definition) is 1. The van der Waals surface area contributed by atoms with Gasteiger partial charge in [0.15, 0.2) is 5.78 Å². The quantitative estimate of drug-likeness (QED) is 0.497. The SMILES string of the molecule is N#Cc1cc(C(=O)CBr)c(I)cc1O. The number of halogens is 2. The van der Waals surface area contributed by atoms with Crippen molar-refractivity contribution in [3.63, 3.8) is 0 Å². The molecule has 0 radical (unpaired) electrons. The van der Waals surface area contributed by atoms with Gasteiger partial charge in [-0.25, -0.2) is 0 Å². The molecule has 0 heterocycles. The van der Waals surface area contributed by atoms with Crippen LogP contribution in [0.4, 0.5) is 0 Å². The maximum atomic E-state index is 11.4. The molecule has 0 aromatic heterocycles. The van der Waals surface area contributed by atoms with Crippen molar-refractivity contribution in [2.24, 2.45) is 0 Å². The molecule has 0 atom stereocenters. The van der Waals surface area contributed by atoms with Gasteiger partial charge in [-0.05, 0) is 34.7 Å². The van der Waals surface area contributed by atoms with Crippen LogP contribution < -0.4 is 0 Å². The highest BCUT2D eigenvalue weighted by Crippen LogP contribution is 2.24. The number of carbonyl (C=O) groups excluding carboxylic acids is 1.